The van der Waals surface area contributed by atoms with Crippen LogP contribution in [0.15, 0.2) is 25.6 Å². The van der Waals surface area contributed by atoms with Crippen LogP contribution in [0.3, 0.4) is 0 Å². The lowest BCUT2D eigenvalue weighted by molar-refractivity contribution is 0.0923. The lowest BCUT2D eigenvalue weighted by Crippen LogP contribution is -2.28. The fourth-order valence-electron chi connectivity index (χ4n) is 3.03. The van der Waals surface area contributed by atoms with Gasteiger partial charge in [0.15, 0.2) is 11.4 Å². The highest BCUT2D eigenvalue weighted by Gasteiger charge is 2.38. The monoisotopic (exact) mass is 378 g/mol. The van der Waals surface area contributed by atoms with Crippen molar-refractivity contribution in [1.29, 1.82) is 0 Å². The van der Waals surface area contributed by atoms with E-state index in [1.165, 1.54) is 10.4 Å². The van der Waals surface area contributed by atoms with Crippen molar-refractivity contribution in [3.63, 3.8) is 0 Å². The number of hydrogen-bond acceptors (Lipinski definition) is 6. The summed E-state index contributed by atoms with van der Waals surface area (Å²) >= 11 is 0. The van der Waals surface area contributed by atoms with E-state index in [9.17, 15) is 13.2 Å². The molecule has 26 heavy (non-hydrogen) atoms. The van der Waals surface area contributed by atoms with Gasteiger partial charge >= 0.3 is 0 Å². The number of carbonyl (C=O) groups excluding carboxylic acids is 1. The Kier molecular flexibility index (Phi) is 5.16. The minimum Gasteiger partial charge on any atom is -0.455 e. The van der Waals surface area contributed by atoms with E-state index >= 15 is 0 Å². The highest BCUT2D eigenvalue weighted by molar-refractivity contribution is 7.89. The molecule has 8 nitrogen and oxygen atoms in total. The topological polar surface area (TPSA) is 104 Å². The number of aryl methyl sites for hydroxylation is 1. The first-order chi connectivity index (χ1) is 12.4. The largest absolute Gasteiger partial charge is 0.455 e. The van der Waals surface area contributed by atoms with Gasteiger partial charge < -0.3 is 9.73 Å². The van der Waals surface area contributed by atoms with Gasteiger partial charge in [0.05, 0.1) is 0 Å². The van der Waals surface area contributed by atoms with E-state index in [0.29, 0.717) is 38.9 Å². The summed E-state index contributed by atoms with van der Waals surface area (Å²) in [7, 11) is -3.62. The van der Waals surface area contributed by atoms with E-state index in [-0.39, 0.29) is 16.4 Å². The van der Waals surface area contributed by atoms with Gasteiger partial charge in [0.25, 0.3) is 5.91 Å². The summed E-state index contributed by atoms with van der Waals surface area (Å²) < 4.78 is 32.1. The van der Waals surface area contributed by atoms with Crippen molar-refractivity contribution in [3.05, 3.63) is 17.6 Å². The Balaban J connectivity index is 1.60. The average molecular weight is 378 g/mol. The maximum Gasteiger partial charge on any atom is 0.287 e. The van der Waals surface area contributed by atoms with E-state index in [2.05, 4.69) is 21.5 Å². The Morgan fingerprint density at radius 2 is 2.08 bits per heavy atom. The maximum absolute atomic E-state index is 12.6. The summed E-state index contributed by atoms with van der Waals surface area (Å²) in [6.07, 6.45) is 8.74. The number of sulfonamides is 1. The van der Waals surface area contributed by atoms with Gasteiger partial charge in [0, 0.05) is 45.0 Å². The number of rotatable bonds is 8. The Labute approximate surface area is 153 Å². The normalized spacial score (nSPS) is 18.6. The minimum atomic E-state index is -3.62. The second-order valence-electron chi connectivity index (χ2n) is 6.53. The van der Waals surface area contributed by atoms with Crippen LogP contribution in [0.1, 0.15) is 48.4 Å². The third kappa shape index (κ3) is 3.81. The van der Waals surface area contributed by atoms with Crippen LogP contribution < -0.4 is 5.32 Å². The lowest BCUT2D eigenvalue weighted by Gasteiger charge is -2.14. The Morgan fingerprint density at radius 3 is 2.69 bits per heavy atom. The van der Waals surface area contributed by atoms with Crippen molar-refractivity contribution in [3.8, 4) is 12.3 Å². The first-order valence-electron chi connectivity index (χ1n) is 8.64. The fraction of sp³-hybridized carbons (Fsp3) is 0.588. The molecule has 1 fully saturated rings. The summed E-state index contributed by atoms with van der Waals surface area (Å²) in [5, 5.41) is 10.7. The SMILES string of the molecule is C#CCCC1(CCNC(=O)c2cc(S(=O)(=O)N3CCCC3)c(C)o2)N=N1. The lowest BCUT2D eigenvalue weighted by atomic mass is 10.0. The smallest absolute Gasteiger partial charge is 0.287 e. The summed E-state index contributed by atoms with van der Waals surface area (Å²) in [4.78, 5) is 12.3. The van der Waals surface area contributed by atoms with E-state index in [1.807, 2.05) is 0 Å². The molecule has 3 rings (SSSR count). The zero-order chi connectivity index (χ0) is 18.8. The van der Waals surface area contributed by atoms with Crippen LogP contribution in [0.4, 0.5) is 0 Å². The molecule has 0 aliphatic carbocycles. The molecule has 0 bridgehead atoms. The predicted octanol–water partition coefficient (Wildman–Crippen LogP) is 2.07. The van der Waals surface area contributed by atoms with E-state index in [1.54, 1.807) is 6.92 Å². The number of furan rings is 1. The molecule has 0 atom stereocenters. The zero-order valence-electron chi connectivity index (χ0n) is 14.7. The number of terminal acetylenes is 1. The molecule has 0 radical (unpaired) electrons. The number of hydrogen-bond donors (Lipinski definition) is 1. The number of nitrogens with zero attached hydrogens (tertiary/aromatic N) is 3. The van der Waals surface area contributed by atoms with Gasteiger partial charge in [0.2, 0.25) is 10.0 Å². The standard InChI is InChI=1S/C17H22N4O4S/c1-3-4-7-17(19-20-17)8-9-18-16(22)14-12-15(13(2)25-14)26(23,24)21-10-5-6-11-21/h1,12H,4-11H2,2H3,(H,18,22). The zero-order valence-corrected chi connectivity index (χ0v) is 15.5. The van der Waals surface area contributed by atoms with Crippen molar-refractivity contribution in [1.82, 2.24) is 9.62 Å². The molecule has 0 unspecified atom stereocenters. The van der Waals surface area contributed by atoms with Crippen LogP contribution in [0.25, 0.3) is 0 Å². The highest BCUT2D eigenvalue weighted by atomic mass is 32.2. The van der Waals surface area contributed by atoms with Crippen LogP contribution in [0.5, 0.6) is 0 Å². The van der Waals surface area contributed by atoms with Gasteiger partial charge in [-0.15, -0.1) is 12.3 Å². The van der Waals surface area contributed by atoms with Crippen LogP contribution in [0.2, 0.25) is 0 Å². The van der Waals surface area contributed by atoms with Crippen molar-refractivity contribution >= 4 is 15.9 Å². The quantitative estimate of drug-likeness (QED) is 0.699. The molecule has 2 aliphatic heterocycles. The Morgan fingerprint density at radius 1 is 1.38 bits per heavy atom. The van der Waals surface area contributed by atoms with Gasteiger partial charge in [-0.05, 0) is 19.8 Å². The van der Waals surface area contributed by atoms with Crippen molar-refractivity contribution in [2.24, 2.45) is 10.2 Å². The third-order valence-electron chi connectivity index (χ3n) is 4.64. The maximum atomic E-state index is 12.6. The molecule has 3 heterocycles. The molecule has 2 aliphatic rings. The van der Waals surface area contributed by atoms with E-state index in [4.69, 9.17) is 10.8 Å². The third-order valence-corrected chi connectivity index (χ3v) is 6.65. The number of carbonyl (C=O) groups is 1. The molecular formula is C17H22N4O4S. The average Bonchev–Trinajstić information content (AvgIpc) is 3.02. The Hall–Kier alpha value is -2.18. The van der Waals surface area contributed by atoms with Crippen LogP contribution in [0, 0.1) is 19.3 Å². The van der Waals surface area contributed by atoms with Crippen molar-refractivity contribution < 1.29 is 17.6 Å². The minimum absolute atomic E-state index is 0.0115. The molecule has 1 amide bonds. The van der Waals surface area contributed by atoms with Gasteiger partial charge in [-0.25, -0.2) is 8.42 Å². The summed E-state index contributed by atoms with van der Waals surface area (Å²) in [6.45, 7) is 2.91. The van der Waals surface area contributed by atoms with Crippen molar-refractivity contribution in [2.75, 3.05) is 19.6 Å². The molecule has 0 aromatic carbocycles. The predicted molar refractivity (Wildman–Crippen MR) is 94.0 cm³/mol. The van der Waals surface area contributed by atoms with Gasteiger partial charge in [-0.2, -0.15) is 14.5 Å². The fourth-order valence-corrected chi connectivity index (χ4v) is 4.71. The first-order valence-corrected chi connectivity index (χ1v) is 10.1. The number of nitrogens with one attached hydrogen (secondary N) is 1. The van der Waals surface area contributed by atoms with Crippen LogP contribution >= 0.6 is 0 Å². The van der Waals surface area contributed by atoms with Crippen LogP contribution in [-0.4, -0.2) is 43.9 Å². The van der Waals surface area contributed by atoms with Crippen LogP contribution in [-0.2, 0) is 10.0 Å². The molecule has 140 valence electrons. The molecule has 1 saturated heterocycles. The Bertz CT molecular complexity index is 854. The van der Waals surface area contributed by atoms with E-state index in [0.717, 1.165) is 12.8 Å². The van der Waals surface area contributed by atoms with Gasteiger partial charge in [0.1, 0.15) is 10.7 Å². The van der Waals surface area contributed by atoms with E-state index < -0.39 is 21.6 Å². The molecule has 1 N–H and O–H groups in total. The summed E-state index contributed by atoms with van der Waals surface area (Å²) in [5.41, 5.74) is -0.469. The molecule has 1 aromatic heterocycles. The van der Waals surface area contributed by atoms with Gasteiger partial charge in [-0.1, -0.05) is 0 Å². The second kappa shape index (κ2) is 7.21. The number of amides is 1. The molecule has 1 aromatic rings. The second-order valence-corrected chi connectivity index (χ2v) is 8.44. The summed E-state index contributed by atoms with van der Waals surface area (Å²) in [6, 6.07) is 1.30. The summed E-state index contributed by atoms with van der Waals surface area (Å²) in [5.74, 6) is 2.31. The molecule has 9 heteroatoms. The molecular weight excluding hydrogens is 356 g/mol. The highest BCUT2D eigenvalue weighted by Crippen LogP contribution is 2.36. The first kappa shape index (κ1) is 18.6. The molecule has 0 saturated carbocycles. The molecule has 0 spiro atoms. The van der Waals surface area contributed by atoms with Gasteiger partial charge in [-0.3, -0.25) is 4.79 Å². The van der Waals surface area contributed by atoms with Crippen molar-refractivity contribution in [2.45, 2.75) is 49.6 Å².